The molecule has 0 saturated carbocycles. The summed E-state index contributed by atoms with van der Waals surface area (Å²) in [4.78, 5) is 31.6. The fourth-order valence-corrected chi connectivity index (χ4v) is 0.810. The molecule has 0 aromatic heterocycles. The third-order valence-corrected chi connectivity index (χ3v) is 1.32. The third kappa shape index (κ3) is 8.46. The second kappa shape index (κ2) is 6.11. The molecule has 72 valence electrons. The van der Waals surface area contributed by atoms with E-state index in [4.69, 9.17) is 5.73 Å². The zero-order chi connectivity index (χ0) is 10.3. The lowest BCUT2D eigenvalue weighted by Crippen LogP contribution is -2.06. The first-order valence-electron chi connectivity index (χ1n) is 3.99. The normalized spacial score (nSPS) is 10.2. The van der Waals surface area contributed by atoms with E-state index in [1.54, 1.807) is 0 Å². The molecule has 4 heteroatoms. The number of carbonyl (C=O) groups is 3. The van der Waals surface area contributed by atoms with Gasteiger partial charge in [0.2, 0.25) is 5.91 Å². The lowest BCUT2D eigenvalue weighted by Gasteiger charge is -1.93. The highest BCUT2D eigenvalue weighted by molar-refractivity contribution is 5.97. The molecule has 2 N–H and O–H groups in total. The molecule has 0 aliphatic carbocycles. The average Bonchev–Trinajstić information content (AvgIpc) is 1.96. The fraction of sp³-hybridized carbons (Fsp3) is 0.444. The van der Waals surface area contributed by atoms with Gasteiger partial charge >= 0.3 is 0 Å². The van der Waals surface area contributed by atoms with Crippen LogP contribution in [0.15, 0.2) is 12.2 Å². The third-order valence-electron chi connectivity index (χ3n) is 1.32. The molecule has 0 saturated heterocycles. The summed E-state index contributed by atoms with van der Waals surface area (Å²) in [5.41, 5.74) is 4.83. The molecule has 0 aromatic carbocycles. The zero-order valence-corrected chi connectivity index (χ0v) is 7.58. The minimum absolute atomic E-state index is 0.0234. The van der Waals surface area contributed by atoms with Crippen LogP contribution in [0.25, 0.3) is 0 Å². The van der Waals surface area contributed by atoms with Crippen molar-refractivity contribution in [2.75, 3.05) is 0 Å². The van der Waals surface area contributed by atoms with Crippen molar-refractivity contribution in [3.05, 3.63) is 12.2 Å². The van der Waals surface area contributed by atoms with Crippen LogP contribution in [0.5, 0.6) is 0 Å². The fourth-order valence-electron chi connectivity index (χ4n) is 0.810. The number of amides is 1. The highest BCUT2D eigenvalue weighted by atomic mass is 16.1. The van der Waals surface area contributed by atoms with Gasteiger partial charge in [-0.1, -0.05) is 6.08 Å². The van der Waals surface area contributed by atoms with Gasteiger partial charge in [0.05, 0.1) is 6.42 Å². The van der Waals surface area contributed by atoms with Crippen LogP contribution >= 0.6 is 0 Å². The number of allylic oxidation sites excluding steroid dienone is 1. The van der Waals surface area contributed by atoms with Crippen molar-refractivity contribution >= 4 is 17.5 Å². The summed E-state index contributed by atoms with van der Waals surface area (Å²) in [5, 5.41) is 0. The molecule has 1 amide bonds. The molecule has 0 rings (SSSR count). The van der Waals surface area contributed by atoms with E-state index in [0.29, 0.717) is 6.42 Å². The summed E-state index contributed by atoms with van der Waals surface area (Å²) in [7, 11) is 0. The highest BCUT2D eigenvalue weighted by Gasteiger charge is 2.03. The van der Waals surface area contributed by atoms with Crippen LogP contribution in [0.3, 0.4) is 0 Å². The molecular weight excluding hydrogens is 170 g/mol. The minimum atomic E-state index is -0.529. The molecule has 0 spiro atoms. The van der Waals surface area contributed by atoms with Crippen molar-refractivity contribution in [2.45, 2.75) is 26.2 Å². The second-order valence-corrected chi connectivity index (χ2v) is 2.76. The van der Waals surface area contributed by atoms with Crippen LogP contribution in [0.2, 0.25) is 0 Å². The van der Waals surface area contributed by atoms with Crippen LogP contribution in [-0.2, 0) is 14.4 Å². The van der Waals surface area contributed by atoms with Crippen molar-refractivity contribution in [3.8, 4) is 0 Å². The number of hydrogen-bond donors (Lipinski definition) is 1. The Bertz CT molecular complexity index is 243. The van der Waals surface area contributed by atoms with Crippen LogP contribution in [0.4, 0.5) is 0 Å². The Morgan fingerprint density at radius 1 is 1.31 bits per heavy atom. The van der Waals surface area contributed by atoms with Gasteiger partial charge in [-0.15, -0.1) is 0 Å². The summed E-state index contributed by atoms with van der Waals surface area (Å²) >= 11 is 0. The second-order valence-electron chi connectivity index (χ2n) is 2.76. The minimum Gasteiger partial charge on any atom is -0.366 e. The van der Waals surface area contributed by atoms with Gasteiger partial charge in [0.25, 0.3) is 0 Å². The summed E-state index contributed by atoms with van der Waals surface area (Å²) in [6.07, 6.45) is 3.45. The molecule has 0 aliphatic heterocycles. The number of nitrogens with two attached hydrogens (primary N) is 1. The van der Waals surface area contributed by atoms with Crippen LogP contribution in [0, 0.1) is 0 Å². The standard InChI is InChI=1S/C9H13NO3/c1-7(11)6-8(12)4-2-3-5-9(10)13/h3,5H,2,4,6H2,1H3,(H2,10,13). The molecule has 0 heterocycles. The Labute approximate surface area is 76.8 Å². The predicted octanol–water partition coefficient (Wildman–Crippen LogP) is 0.356. The van der Waals surface area contributed by atoms with E-state index in [0.717, 1.165) is 0 Å². The van der Waals surface area contributed by atoms with Crippen molar-refractivity contribution in [3.63, 3.8) is 0 Å². The number of hydrogen-bond acceptors (Lipinski definition) is 3. The number of rotatable bonds is 6. The largest absolute Gasteiger partial charge is 0.366 e. The zero-order valence-electron chi connectivity index (χ0n) is 7.58. The van der Waals surface area contributed by atoms with Gasteiger partial charge in [-0.3, -0.25) is 14.4 Å². The quantitative estimate of drug-likeness (QED) is 0.477. The van der Waals surface area contributed by atoms with Crippen LogP contribution in [0.1, 0.15) is 26.2 Å². The average molecular weight is 183 g/mol. The molecule has 4 nitrogen and oxygen atoms in total. The maximum Gasteiger partial charge on any atom is 0.241 e. The van der Waals surface area contributed by atoms with E-state index in [1.807, 2.05) is 0 Å². The van der Waals surface area contributed by atoms with Crippen molar-refractivity contribution in [1.29, 1.82) is 0 Å². The van der Waals surface area contributed by atoms with Gasteiger partial charge in [-0.2, -0.15) is 0 Å². The predicted molar refractivity (Wildman–Crippen MR) is 47.9 cm³/mol. The molecule has 0 fully saturated rings. The lowest BCUT2D eigenvalue weighted by atomic mass is 10.1. The van der Waals surface area contributed by atoms with Crippen LogP contribution in [-0.4, -0.2) is 17.5 Å². The van der Waals surface area contributed by atoms with Gasteiger partial charge in [-0.05, 0) is 19.4 Å². The summed E-state index contributed by atoms with van der Waals surface area (Å²) in [6.45, 7) is 1.37. The number of carbonyl (C=O) groups excluding carboxylic acids is 3. The SMILES string of the molecule is CC(=O)CC(=O)CCC=CC(N)=O. The van der Waals surface area contributed by atoms with E-state index in [2.05, 4.69) is 0 Å². The number of primary amides is 1. The van der Waals surface area contributed by atoms with Gasteiger partial charge in [-0.25, -0.2) is 0 Å². The number of ketones is 2. The van der Waals surface area contributed by atoms with E-state index < -0.39 is 5.91 Å². The molecule has 0 aromatic rings. The Balaban J connectivity index is 3.59. The molecule has 13 heavy (non-hydrogen) atoms. The Morgan fingerprint density at radius 2 is 1.92 bits per heavy atom. The topological polar surface area (TPSA) is 77.2 Å². The van der Waals surface area contributed by atoms with Crippen LogP contribution < -0.4 is 5.73 Å². The van der Waals surface area contributed by atoms with E-state index in [9.17, 15) is 14.4 Å². The maximum absolute atomic E-state index is 10.9. The van der Waals surface area contributed by atoms with Gasteiger partial charge in [0.15, 0.2) is 0 Å². The Kier molecular flexibility index (Phi) is 5.43. The van der Waals surface area contributed by atoms with Gasteiger partial charge in [0.1, 0.15) is 11.6 Å². The first kappa shape index (κ1) is 11.6. The van der Waals surface area contributed by atoms with E-state index in [-0.39, 0.29) is 24.4 Å². The smallest absolute Gasteiger partial charge is 0.241 e. The Morgan fingerprint density at radius 3 is 2.38 bits per heavy atom. The molecule has 0 radical (unpaired) electrons. The van der Waals surface area contributed by atoms with E-state index >= 15 is 0 Å². The summed E-state index contributed by atoms with van der Waals surface area (Å²) in [6, 6.07) is 0. The molecular formula is C9H13NO3. The van der Waals surface area contributed by atoms with E-state index in [1.165, 1.54) is 19.1 Å². The molecule has 0 bridgehead atoms. The molecule has 0 atom stereocenters. The summed E-state index contributed by atoms with van der Waals surface area (Å²) in [5.74, 6) is -0.774. The number of Topliss-reactive ketones (excluding diaryl/α,β-unsaturated/α-hetero) is 2. The first-order valence-corrected chi connectivity index (χ1v) is 3.99. The van der Waals surface area contributed by atoms with Gasteiger partial charge < -0.3 is 5.73 Å². The Hall–Kier alpha value is -1.45. The van der Waals surface area contributed by atoms with Crippen molar-refractivity contribution < 1.29 is 14.4 Å². The first-order chi connectivity index (χ1) is 6.02. The molecule has 0 unspecified atom stereocenters. The van der Waals surface area contributed by atoms with Crippen molar-refractivity contribution in [1.82, 2.24) is 0 Å². The summed E-state index contributed by atoms with van der Waals surface area (Å²) < 4.78 is 0. The highest BCUT2D eigenvalue weighted by Crippen LogP contribution is 1.96. The maximum atomic E-state index is 10.9. The van der Waals surface area contributed by atoms with Gasteiger partial charge in [0, 0.05) is 6.42 Å². The monoisotopic (exact) mass is 183 g/mol. The lowest BCUT2D eigenvalue weighted by molar-refractivity contribution is -0.125. The molecule has 0 aliphatic rings. The van der Waals surface area contributed by atoms with Crippen molar-refractivity contribution in [2.24, 2.45) is 5.73 Å².